The van der Waals surface area contributed by atoms with Gasteiger partial charge in [0.1, 0.15) is 12.2 Å². The summed E-state index contributed by atoms with van der Waals surface area (Å²) in [4.78, 5) is 24.7. The van der Waals surface area contributed by atoms with Crippen molar-refractivity contribution in [1.82, 2.24) is 4.31 Å². The molecule has 3 aromatic rings. The first-order chi connectivity index (χ1) is 15.3. The van der Waals surface area contributed by atoms with Gasteiger partial charge in [0.25, 0.3) is 0 Å². The molecule has 0 radical (unpaired) electrons. The van der Waals surface area contributed by atoms with Crippen LogP contribution in [0.4, 0.5) is 0 Å². The first-order valence-electron chi connectivity index (χ1n) is 10.6. The molecule has 4 rings (SSSR count). The molecule has 0 amide bonds. The number of aryl methyl sites for hydroxylation is 2. The lowest BCUT2D eigenvalue weighted by Gasteiger charge is -2.25. The summed E-state index contributed by atoms with van der Waals surface area (Å²) in [6, 6.07) is 10.8. The molecule has 1 saturated heterocycles. The molecule has 0 aliphatic carbocycles. The number of hydrogen-bond acceptors (Lipinski definition) is 6. The fraction of sp³-hybridized carbons (Fsp3) is 0.333. The number of nitrogens with zero attached hydrogens (tertiary/aromatic N) is 1. The van der Waals surface area contributed by atoms with Crippen LogP contribution in [-0.2, 0) is 21.4 Å². The Morgan fingerprint density at radius 2 is 1.72 bits per heavy atom. The Morgan fingerprint density at radius 3 is 2.41 bits per heavy atom. The van der Waals surface area contributed by atoms with Gasteiger partial charge in [-0.15, -0.1) is 0 Å². The van der Waals surface area contributed by atoms with E-state index in [4.69, 9.17) is 9.15 Å². The second-order valence-electron chi connectivity index (χ2n) is 8.04. The van der Waals surface area contributed by atoms with Crippen molar-refractivity contribution in [3.63, 3.8) is 0 Å². The van der Waals surface area contributed by atoms with Crippen molar-refractivity contribution in [1.29, 1.82) is 0 Å². The van der Waals surface area contributed by atoms with Crippen molar-refractivity contribution in [2.24, 2.45) is 0 Å². The predicted molar refractivity (Wildman–Crippen MR) is 120 cm³/mol. The van der Waals surface area contributed by atoms with Crippen LogP contribution >= 0.6 is 0 Å². The van der Waals surface area contributed by atoms with Crippen LogP contribution in [0.1, 0.15) is 46.3 Å². The van der Waals surface area contributed by atoms with Crippen LogP contribution in [0.5, 0.6) is 0 Å². The van der Waals surface area contributed by atoms with E-state index in [1.165, 1.54) is 34.6 Å². The number of ether oxygens (including phenoxy) is 1. The van der Waals surface area contributed by atoms with E-state index in [-0.39, 0.29) is 17.1 Å². The van der Waals surface area contributed by atoms with Crippen LogP contribution in [0.3, 0.4) is 0 Å². The van der Waals surface area contributed by atoms with Crippen LogP contribution in [0.15, 0.2) is 56.6 Å². The third-order valence-electron chi connectivity index (χ3n) is 5.92. The van der Waals surface area contributed by atoms with Crippen molar-refractivity contribution in [3.8, 4) is 0 Å². The van der Waals surface area contributed by atoms with Gasteiger partial charge in [0, 0.05) is 30.1 Å². The molecule has 8 heteroatoms. The highest BCUT2D eigenvalue weighted by atomic mass is 32.2. The van der Waals surface area contributed by atoms with Gasteiger partial charge in [-0.3, -0.25) is 0 Å². The molecule has 168 valence electrons. The Hall–Kier alpha value is -2.97. The van der Waals surface area contributed by atoms with Crippen LogP contribution in [0.2, 0.25) is 0 Å². The number of rotatable bonds is 5. The molecule has 0 unspecified atom stereocenters. The Kier molecular flexibility index (Phi) is 6.17. The molecule has 32 heavy (non-hydrogen) atoms. The molecule has 2 aromatic carbocycles. The van der Waals surface area contributed by atoms with Gasteiger partial charge in [0.2, 0.25) is 10.0 Å². The minimum absolute atomic E-state index is 0.0999. The average molecular weight is 456 g/mol. The Morgan fingerprint density at radius 1 is 1.03 bits per heavy atom. The summed E-state index contributed by atoms with van der Waals surface area (Å²) < 4.78 is 37.8. The Labute approximate surface area is 186 Å². The molecule has 0 spiro atoms. The monoisotopic (exact) mass is 455 g/mol. The van der Waals surface area contributed by atoms with E-state index >= 15 is 0 Å². The van der Waals surface area contributed by atoms with Gasteiger partial charge in [-0.1, -0.05) is 18.6 Å². The highest BCUT2D eigenvalue weighted by molar-refractivity contribution is 7.89. The Balaban J connectivity index is 1.51. The standard InChI is InChI=1S/C24H25NO6S/c1-16-6-11-21-19(14-22(26)31-23(21)17(16)2)15-30-24(27)18-7-9-20(10-8-18)32(28,29)25-12-4-3-5-13-25/h6-11,14H,3-5,12-13,15H2,1-2H3. The van der Waals surface area contributed by atoms with E-state index in [0.29, 0.717) is 29.6 Å². The summed E-state index contributed by atoms with van der Waals surface area (Å²) in [7, 11) is -3.56. The minimum atomic E-state index is -3.56. The van der Waals surface area contributed by atoms with Gasteiger partial charge in [-0.25, -0.2) is 18.0 Å². The summed E-state index contributed by atoms with van der Waals surface area (Å²) in [5, 5.41) is 0.712. The third-order valence-corrected chi connectivity index (χ3v) is 7.83. The molecule has 2 heterocycles. The molecule has 1 aliphatic heterocycles. The topological polar surface area (TPSA) is 93.9 Å². The quantitative estimate of drug-likeness (QED) is 0.427. The molecule has 7 nitrogen and oxygen atoms in total. The second-order valence-corrected chi connectivity index (χ2v) is 9.98. The summed E-state index contributed by atoms with van der Waals surface area (Å²) >= 11 is 0. The first-order valence-corrected chi connectivity index (χ1v) is 12.0. The highest BCUT2D eigenvalue weighted by Crippen LogP contribution is 2.24. The number of sulfonamides is 1. The molecule has 1 aromatic heterocycles. The number of carbonyl (C=O) groups excluding carboxylic acids is 1. The molecule has 0 N–H and O–H groups in total. The SMILES string of the molecule is Cc1ccc2c(COC(=O)c3ccc(S(=O)(=O)N4CCCCC4)cc3)cc(=O)oc2c1C. The van der Waals surface area contributed by atoms with Crippen LogP contribution in [-0.4, -0.2) is 31.8 Å². The molecule has 1 aliphatic rings. The van der Waals surface area contributed by atoms with Crippen LogP contribution in [0, 0.1) is 13.8 Å². The lowest BCUT2D eigenvalue weighted by molar-refractivity contribution is 0.0473. The normalized spacial score (nSPS) is 15.1. The summed E-state index contributed by atoms with van der Waals surface area (Å²) in [5.41, 5.74) is 2.62. The first kappa shape index (κ1) is 22.2. The number of hydrogen-bond donors (Lipinski definition) is 0. The van der Waals surface area contributed by atoms with E-state index in [2.05, 4.69) is 0 Å². The number of piperidine rings is 1. The van der Waals surface area contributed by atoms with E-state index in [1.54, 1.807) is 0 Å². The van der Waals surface area contributed by atoms with Crippen molar-refractivity contribution in [3.05, 3.63) is 75.1 Å². The maximum absolute atomic E-state index is 12.8. The molecule has 1 fully saturated rings. The van der Waals surface area contributed by atoms with Gasteiger partial charge in [0.05, 0.1) is 10.5 Å². The van der Waals surface area contributed by atoms with E-state index < -0.39 is 21.6 Å². The van der Waals surface area contributed by atoms with Crippen molar-refractivity contribution >= 4 is 27.0 Å². The molecule has 0 atom stereocenters. The second kappa shape index (κ2) is 8.88. The maximum atomic E-state index is 12.8. The molecule has 0 bridgehead atoms. The summed E-state index contributed by atoms with van der Waals surface area (Å²) in [6.07, 6.45) is 2.75. The van der Waals surface area contributed by atoms with Crippen molar-refractivity contribution in [2.45, 2.75) is 44.6 Å². The summed E-state index contributed by atoms with van der Waals surface area (Å²) in [6.45, 7) is 4.73. The highest BCUT2D eigenvalue weighted by Gasteiger charge is 2.26. The third kappa shape index (κ3) is 4.33. The van der Waals surface area contributed by atoms with Gasteiger partial charge < -0.3 is 9.15 Å². The van der Waals surface area contributed by atoms with Gasteiger partial charge >= 0.3 is 11.6 Å². The van der Waals surface area contributed by atoms with Crippen LogP contribution < -0.4 is 5.63 Å². The number of benzene rings is 2. The van der Waals surface area contributed by atoms with E-state index in [1.807, 2.05) is 26.0 Å². The smallest absolute Gasteiger partial charge is 0.338 e. The number of fused-ring (bicyclic) bond motifs is 1. The zero-order valence-electron chi connectivity index (χ0n) is 18.1. The lowest BCUT2D eigenvalue weighted by Crippen LogP contribution is -2.35. The van der Waals surface area contributed by atoms with E-state index in [0.717, 1.165) is 30.4 Å². The summed E-state index contributed by atoms with van der Waals surface area (Å²) in [5.74, 6) is -0.600. The fourth-order valence-corrected chi connectivity index (χ4v) is 5.40. The van der Waals surface area contributed by atoms with Gasteiger partial charge in [0.15, 0.2) is 0 Å². The fourth-order valence-electron chi connectivity index (χ4n) is 3.89. The van der Waals surface area contributed by atoms with Gasteiger partial charge in [-0.2, -0.15) is 4.31 Å². The molecular formula is C24H25NO6S. The molecular weight excluding hydrogens is 430 g/mol. The Bertz CT molecular complexity index is 1320. The zero-order valence-corrected chi connectivity index (χ0v) is 18.9. The van der Waals surface area contributed by atoms with Crippen LogP contribution in [0.25, 0.3) is 11.0 Å². The van der Waals surface area contributed by atoms with E-state index in [9.17, 15) is 18.0 Å². The average Bonchev–Trinajstić information content (AvgIpc) is 2.80. The van der Waals surface area contributed by atoms with Gasteiger partial charge in [-0.05, 0) is 62.1 Å². The van der Waals surface area contributed by atoms with Crippen molar-refractivity contribution in [2.75, 3.05) is 13.1 Å². The lowest BCUT2D eigenvalue weighted by atomic mass is 10.0. The maximum Gasteiger partial charge on any atom is 0.338 e. The predicted octanol–water partition coefficient (Wildman–Crippen LogP) is 3.94. The molecule has 0 saturated carbocycles. The number of carbonyl (C=O) groups is 1. The largest absolute Gasteiger partial charge is 0.457 e. The van der Waals surface area contributed by atoms with Crippen molar-refractivity contribution < 1.29 is 22.4 Å². The number of esters is 1. The minimum Gasteiger partial charge on any atom is -0.457 e. The zero-order chi connectivity index (χ0) is 22.9.